The van der Waals surface area contributed by atoms with E-state index < -0.39 is 11.7 Å². The molecule has 0 bridgehead atoms. The molecule has 0 radical (unpaired) electrons. The third-order valence-corrected chi connectivity index (χ3v) is 5.02. The average Bonchev–Trinajstić information content (AvgIpc) is 2.76. The molecular formula is C25H20ClFN2O3. The van der Waals surface area contributed by atoms with Crippen molar-refractivity contribution in [1.29, 1.82) is 0 Å². The van der Waals surface area contributed by atoms with Crippen LogP contribution in [0.5, 0.6) is 11.6 Å². The van der Waals surface area contributed by atoms with Crippen LogP contribution in [0.2, 0.25) is 5.02 Å². The van der Waals surface area contributed by atoms with Gasteiger partial charge in [0.2, 0.25) is 5.88 Å². The van der Waals surface area contributed by atoms with Crippen molar-refractivity contribution in [2.45, 2.75) is 20.0 Å². The molecule has 1 aromatic heterocycles. The fourth-order valence-electron chi connectivity index (χ4n) is 3.33. The number of fused-ring (bicyclic) bond motifs is 1. The van der Waals surface area contributed by atoms with Crippen molar-refractivity contribution in [3.63, 3.8) is 0 Å². The molecule has 0 unspecified atom stereocenters. The first-order valence-electron chi connectivity index (χ1n) is 9.98. The Labute approximate surface area is 189 Å². The number of amides is 1. The molecule has 1 amide bonds. The number of benzene rings is 3. The summed E-state index contributed by atoms with van der Waals surface area (Å²) in [6.07, 6.45) is -0.207. The average molecular weight is 451 g/mol. The van der Waals surface area contributed by atoms with Gasteiger partial charge in [0.05, 0.1) is 11.8 Å². The molecule has 32 heavy (non-hydrogen) atoms. The molecule has 4 aromatic rings. The molecule has 0 aliphatic carbocycles. The van der Waals surface area contributed by atoms with Crippen LogP contribution in [0.15, 0.2) is 72.8 Å². The van der Waals surface area contributed by atoms with Crippen LogP contribution in [-0.2, 0) is 0 Å². The van der Waals surface area contributed by atoms with E-state index in [-0.39, 0.29) is 29.2 Å². The lowest BCUT2D eigenvalue weighted by Gasteiger charge is -2.23. The molecular weight excluding hydrogens is 431 g/mol. The lowest BCUT2D eigenvalue weighted by molar-refractivity contribution is 0.0998. The smallest absolute Gasteiger partial charge is 0.264 e. The largest absolute Gasteiger partial charge is 0.493 e. The van der Waals surface area contributed by atoms with Crippen molar-refractivity contribution in [3.05, 3.63) is 89.2 Å². The molecule has 0 saturated carbocycles. The Morgan fingerprint density at radius 2 is 1.78 bits per heavy atom. The summed E-state index contributed by atoms with van der Waals surface area (Å²) in [5.74, 6) is -1.07. The van der Waals surface area contributed by atoms with E-state index in [0.29, 0.717) is 21.4 Å². The Hall–Kier alpha value is -3.64. The molecule has 1 heterocycles. The second kappa shape index (κ2) is 8.85. The highest BCUT2D eigenvalue weighted by Gasteiger charge is 2.24. The number of anilines is 2. The summed E-state index contributed by atoms with van der Waals surface area (Å²) >= 11 is 5.96. The van der Waals surface area contributed by atoms with Crippen LogP contribution in [-0.4, -0.2) is 22.1 Å². The molecule has 7 heteroatoms. The fourth-order valence-corrected chi connectivity index (χ4v) is 3.46. The van der Waals surface area contributed by atoms with Crippen LogP contribution in [0.3, 0.4) is 0 Å². The lowest BCUT2D eigenvalue weighted by Crippen LogP contribution is -2.27. The Kier molecular flexibility index (Phi) is 5.97. The van der Waals surface area contributed by atoms with Crippen molar-refractivity contribution < 1.29 is 19.0 Å². The van der Waals surface area contributed by atoms with E-state index in [1.165, 1.54) is 17.0 Å². The molecule has 1 N–H and O–H groups in total. The molecule has 0 aliphatic heterocycles. The quantitative estimate of drug-likeness (QED) is 0.377. The number of aromatic hydroxyl groups is 1. The van der Waals surface area contributed by atoms with Crippen LogP contribution in [0.4, 0.5) is 15.9 Å². The van der Waals surface area contributed by atoms with Crippen molar-refractivity contribution in [3.8, 4) is 11.6 Å². The van der Waals surface area contributed by atoms with Gasteiger partial charge in [0.15, 0.2) is 11.6 Å². The zero-order valence-corrected chi connectivity index (χ0v) is 18.2. The highest BCUT2D eigenvalue weighted by molar-refractivity contribution is 6.30. The SMILES string of the molecule is CC(C)Oc1ccc(N(C(=O)c2ccc(Cl)cc2)c2cc3ccccc3c(O)n2)cc1F. The number of carbonyl (C=O) groups excluding carboxylic acids is 1. The topological polar surface area (TPSA) is 62.7 Å². The normalized spacial score (nSPS) is 11.0. The fraction of sp³-hybridized carbons (Fsp3) is 0.120. The first-order valence-corrected chi connectivity index (χ1v) is 10.4. The van der Waals surface area contributed by atoms with Gasteiger partial charge in [-0.15, -0.1) is 0 Å². The van der Waals surface area contributed by atoms with E-state index in [0.717, 1.165) is 0 Å². The molecule has 5 nitrogen and oxygen atoms in total. The summed E-state index contributed by atoms with van der Waals surface area (Å²) in [5.41, 5.74) is 0.563. The second-order valence-corrected chi connectivity index (χ2v) is 7.89. The number of ether oxygens (including phenoxy) is 1. The van der Waals surface area contributed by atoms with Crippen molar-refractivity contribution >= 4 is 39.8 Å². The number of hydrogen-bond acceptors (Lipinski definition) is 4. The van der Waals surface area contributed by atoms with Crippen LogP contribution in [0.1, 0.15) is 24.2 Å². The molecule has 0 aliphatic rings. The van der Waals surface area contributed by atoms with Crippen molar-refractivity contribution in [2.75, 3.05) is 4.90 Å². The highest BCUT2D eigenvalue weighted by Crippen LogP contribution is 2.34. The monoisotopic (exact) mass is 450 g/mol. The predicted molar refractivity (Wildman–Crippen MR) is 123 cm³/mol. The zero-order chi connectivity index (χ0) is 22.8. The van der Waals surface area contributed by atoms with Gasteiger partial charge in [-0.25, -0.2) is 4.39 Å². The van der Waals surface area contributed by atoms with Crippen LogP contribution in [0.25, 0.3) is 10.8 Å². The predicted octanol–water partition coefficient (Wildman–Crippen LogP) is 6.50. The van der Waals surface area contributed by atoms with E-state index in [9.17, 15) is 14.3 Å². The van der Waals surface area contributed by atoms with Gasteiger partial charge in [0.1, 0.15) is 5.82 Å². The van der Waals surface area contributed by atoms with Crippen LogP contribution in [0, 0.1) is 5.82 Å². The Balaban J connectivity index is 1.87. The van der Waals surface area contributed by atoms with Gasteiger partial charge in [-0.2, -0.15) is 4.98 Å². The Bertz CT molecular complexity index is 1290. The van der Waals surface area contributed by atoms with Gasteiger partial charge < -0.3 is 9.84 Å². The maximum atomic E-state index is 14.8. The number of pyridine rings is 1. The second-order valence-electron chi connectivity index (χ2n) is 7.45. The van der Waals surface area contributed by atoms with Crippen LogP contribution < -0.4 is 9.64 Å². The lowest BCUT2D eigenvalue weighted by atomic mass is 10.1. The third-order valence-electron chi connectivity index (χ3n) is 4.77. The molecule has 3 aromatic carbocycles. The number of rotatable bonds is 5. The molecule has 4 rings (SSSR count). The molecule has 0 spiro atoms. The maximum Gasteiger partial charge on any atom is 0.264 e. The third kappa shape index (κ3) is 4.36. The van der Waals surface area contributed by atoms with Gasteiger partial charge in [0, 0.05) is 22.0 Å². The minimum absolute atomic E-state index is 0.0805. The van der Waals surface area contributed by atoms with Gasteiger partial charge in [0.25, 0.3) is 5.91 Å². The summed E-state index contributed by atoms with van der Waals surface area (Å²) < 4.78 is 20.3. The molecule has 0 fully saturated rings. The number of halogens is 2. The van der Waals surface area contributed by atoms with E-state index >= 15 is 0 Å². The van der Waals surface area contributed by atoms with Crippen LogP contribution >= 0.6 is 11.6 Å². The number of nitrogens with zero attached hydrogens (tertiary/aromatic N) is 2. The first-order chi connectivity index (χ1) is 15.3. The summed E-state index contributed by atoms with van der Waals surface area (Å²) in [5, 5.41) is 12.2. The van der Waals surface area contributed by atoms with Gasteiger partial charge in [-0.3, -0.25) is 9.69 Å². The number of carbonyl (C=O) groups is 1. The standard InChI is InChI=1S/C25H20ClFN2O3/c1-15(2)32-22-12-11-19(14-21(22)27)29(25(31)16-7-9-18(26)10-8-16)23-13-17-5-3-4-6-20(17)24(30)28-23/h3-15H,1-2H3,(H,28,30). The van der Waals surface area contributed by atoms with Crippen molar-refractivity contribution in [2.24, 2.45) is 0 Å². The summed E-state index contributed by atoms with van der Waals surface area (Å²) in [6.45, 7) is 3.59. The van der Waals surface area contributed by atoms with Crippen molar-refractivity contribution in [1.82, 2.24) is 4.98 Å². The minimum atomic E-state index is -0.616. The van der Waals surface area contributed by atoms with Gasteiger partial charge in [-0.1, -0.05) is 29.8 Å². The zero-order valence-electron chi connectivity index (χ0n) is 17.4. The summed E-state index contributed by atoms with van der Waals surface area (Å²) in [4.78, 5) is 19.0. The van der Waals surface area contributed by atoms with Gasteiger partial charge in [-0.05, 0) is 67.8 Å². The van der Waals surface area contributed by atoms with Gasteiger partial charge >= 0.3 is 0 Å². The Morgan fingerprint density at radius 1 is 1.06 bits per heavy atom. The van der Waals surface area contributed by atoms with E-state index in [4.69, 9.17) is 16.3 Å². The Morgan fingerprint density at radius 3 is 2.47 bits per heavy atom. The summed E-state index contributed by atoms with van der Waals surface area (Å²) in [7, 11) is 0. The number of aromatic nitrogens is 1. The molecule has 162 valence electrons. The first kappa shape index (κ1) is 21.6. The minimum Gasteiger partial charge on any atom is -0.493 e. The maximum absolute atomic E-state index is 14.8. The molecule has 0 saturated heterocycles. The summed E-state index contributed by atoms with van der Waals surface area (Å²) in [6, 6.07) is 19.4. The molecule has 0 atom stereocenters. The van der Waals surface area contributed by atoms with E-state index in [1.807, 2.05) is 6.07 Å². The number of hydrogen-bond donors (Lipinski definition) is 1. The van der Waals surface area contributed by atoms with E-state index in [2.05, 4.69) is 4.98 Å². The van der Waals surface area contributed by atoms with E-state index in [1.54, 1.807) is 68.4 Å². The highest BCUT2D eigenvalue weighted by atomic mass is 35.5.